The number of thioether (sulfide) groups is 1. The highest BCUT2D eigenvalue weighted by Crippen LogP contribution is 2.36. The summed E-state index contributed by atoms with van der Waals surface area (Å²) in [5.74, 6) is 0. The summed E-state index contributed by atoms with van der Waals surface area (Å²) in [5, 5.41) is 10.8. The van der Waals surface area contributed by atoms with E-state index in [1.807, 2.05) is 35.7 Å². The lowest BCUT2D eigenvalue weighted by molar-refractivity contribution is 1.22. The van der Waals surface area contributed by atoms with E-state index >= 15 is 0 Å². The van der Waals surface area contributed by atoms with E-state index in [1.165, 1.54) is 5.56 Å². The van der Waals surface area contributed by atoms with Crippen LogP contribution in [0.15, 0.2) is 29.7 Å². The van der Waals surface area contributed by atoms with Crippen LogP contribution >= 0.6 is 11.8 Å². The zero-order valence-electron chi connectivity index (χ0n) is 6.40. The molecule has 1 unspecified atom stereocenters. The molecule has 0 spiro atoms. The Kier molecular flexibility index (Phi) is 1.89. The van der Waals surface area contributed by atoms with Gasteiger partial charge < -0.3 is 0 Å². The van der Waals surface area contributed by atoms with E-state index in [1.54, 1.807) is 11.8 Å². The van der Waals surface area contributed by atoms with Crippen LogP contribution in [0.5, 0.6) is 0 Å². The van der Waals surface area contributed by atoms with Crippen LogP contribution in [0.25, 0.3) is 6.08 Å². The summed E-state index contributed by atoms with van der Waals surface area (Å²) in [6, 6.07) is 10.3. The third-order valence-electron chi connectivity index (χ3n) is 1.86. The Morgan fingerprint density at radius 2 is 2.17 bits per heavy atom. The average molecular weight is 173 g/mol. The van der Waals surface area contributed by atoms with Gasteiger partial charge in [-0.1, -0.05) is 24.3 Å². The molecule has 0 saturated carbocycles. The second-order valence-corrected chi connectivity index (χ2v) is 3.59. The molecule has 0 N–H and O–H groups in total. The largest absolute Gasteiger partial charge is 0.197 e. The first-order valence-electron chi connectivity index (χ1n) is 3.72. The lowest BCUT2D eigenvalue weighted by atomic mass is 10.0. The third kappa shape index (κ3) is 1.13. The van der Waals surface area contributed by atoms with Gasteiger partial charge in [-0.2, -0.15) is 5.26 Å². The van der Waals surface area contributed by atoms with Gasteiger partial charge in [0.1, 0.15) is 5.25 Å². The second-order valence-electron chi connectivity index (χ2n) is 2.58. The van der Waals surface area contributed by atoms with Crippen molar-refractivity contribution in [1.29, 1.82) is 5.26 Å². The fourth-order valence-electron chi connectivity index (χ4n) is 1.27. The Bertz CT molecular complexity index is 362. The van der Waals surface area contributed by atoms with Crippen molar-refractivity contribution in [1.82, 2.24) is 0 Å². The van der Waals surface area contributed by atoms with Gasteiger partial charge in [0.05, 0.1) is 6.07 Å². The summed E-state index contributed by atoms with van der Waals surface area (Å²) in [7, 11) is 0. The zero-order valence-corrected chi connectivity index (χ0v) is 7.21. The minimum Gasteiger partial charge on any atom is -0.197 e. The van der Waals surface area contributed by atoms with Crippen molar-refractivity contribution in [3.05, 3.63) is 40.8 Å². The molecule has 1 aliphatic heterocycles. The number of fused-ring (bicyclic) bond motifs is 1. The van der Waals surface area contributed by atoms with Crippen molar-refractivity contribution >= 4 is 17.8 Å². The van der Waals surface area contributed by atoms with E-state index in [0.717, 1.165) is 5.56 Å². The molecule has 1 nitrogen and oxygen atoms in total. The molecule has 1 aliphatic rings. The van der Waals surface area contributed by atoms with Crippen LogP contribution in [0.3, 0.4) is 0 Å². The molecular weight excluding hydrogens is 166 g/mol. The van der Waals surface area contributed by atoms with Crippen molar-refractivity contribution in [2.24, 2.45) is 0 Å². The second kappa shape index (κ2) is 3.04. The summed E-state index contributed by atoms with van der Waals surface area (Å²) < 4.78 is 0. The van der Waals surface area contributed by atoms with Gasteiger partial charge in [-0.15, -0.1) is 11.8 Å². The first-order valence-corrected chi connectivity index (χ1v) is 4.66. The molecule has 0 fully saturated rings. The Hall–Kier alpha value is -1.20. The van der Waals surface area contributed by atoms with Crippen LogP contribution in [-0.4, -0.2) is 0 Å². The quantitative estimate of drug-likeness (QED) is 0.602. The van der Waals surface area contributed by atoms with E-state index in [4.69, 9.17) is 5.26 Å². The molecule has 1 atom stereocenters. The molecule has 0 aromatic heterocycles. The maximum atomic E-state index is 8.83. The summed E-state index contributed by atoms with van der Waals surface area (Å²) in [4.78, 5) is 0. The minimum absolute atomic E-state index is 0.0220. The SMILES string of the molecule is N#CC1SC=Cc2ccccc21. The molecule has 0 saturated heterocycles. The Morgan fingerprint density at radius 3 is 3.00 bits per heavy atom. The molecular formula is C10H7NS. The summed E-state index contributed by atoms with van der Waals surface area (Å²) in [6.45, 7) is 0. The van der Waals surface area contributed by atoms with Crippen molar-refractivity contribution in [3.8, 4) is 6.07 Å². The van der Waals surface area contributed by atoms with Gasteiger partial charge in [-0.05, 0) is 22.6 Å². The first-order chi connectivity index (χ1) is 5.92. The Labute approximate surface area is 75.7 Å². The minimum atomic E-state index is -0.0220. The third-order valence-corrected chi connectivity index (χ3v) is 2.78. The lowest BCUT2D eigenvalue weighted by Crippen LogP contribution is -1.95. The molecule has 58 valence electrons. The van der Waals surface area contributed by atoms with Crippen molar-refractivity contribution < 1.29 is 0 Å². The number of hydrogen-bond acceptors (Lipinski definition) is 2. The summed E-state index contributed by atoms with van der Waals surface area (Å²) >= 11 is 1.56. The van der Waals surface area contributed by atoms with Crippen LogP contribution in [0.4, 0.5) is 0 Å². The smallest absolute Gasteiger partial charge is 0.121 e. The summed E-state index contributed by atoms with van der Waals surface area (Å²) in [5.41, 5.74) is 2.30. The van der Waals surface area contributed by atoms with Crippen LogP contribution < -0.4 is 0 Å². The molecule has 1 aromatic rings. The normalized spacial score (nSPS) is 19.8. The molecule has 0 radical (unpaired) electrons. The van der Waals surface area contributed by atoms with Crippen molar-refractivity contribution in [2.75, 3.05) is 0 Å². The van der Waals surface area contributed by atoms with E-state index in [-0.39, 0.29) is 5.25 Å². The van der Waals surface area contributed by atoms with E-state index in [2.05, 4.69) is 6.07 Å². The molecule has 0 bridgehead atoms. The van der Waals surface area contributed by atoms with E-state index < -0.39 is 0 Å². The van der Waals surface area contributed by atoms with E-state index in [0.29, 0.717) is 0 Å². The lowest BCUT2D eigenvalue weighted by Gasteiger charge is -2.13. The van der Waals surface area contributed by atoms with Crippen LogP contribution in [0.2, 0.25) is 0 Å². The van der Waals surface area contributed by atoms with Gasteiger partial charge >= 0.3 is 0 Å². The first kappa shape index (κ1) is 7.45. The van der Waals surface area contributed by atoms with E-state index in [9.17, 15) is 0 Å². The van der Waals surface area contributed by atoms with Gasteiger partial charge in [0.15, 0.2) is 0 Å². The Balaban J connectivity index is 2.54. The predicted octanol–water partition coefficient (Wildman–Crippen LogP) is 2.97. The van der Waals surface area contributed by atoms with Crippen molar-refractivity contribution in [2.45, 2.75) is 5.25 Å². The molecule has 2 heteroatoms. The van der Waals surface area contributed by atoms with Gasteiger partial charge in [-0.25, -0.2) is 0 Å². The summed E-state index contributed by atoms with van der Waals surface area (Å²) in [6.07, 6.45) is 2.05. The highest BCUT2D eigenvalue weighted by Gasteiger charge is 2.15. The molecule has 12 heavy (non-hydrogen) atoms. The average Bonchev–Trinajstić information content (AvgIpc) is 2.17. The van der Waals surface area contributed by atoms with Gasteiger partial charge in [0.25, 0.3) is 0 Å². The number of benzene rings is 1. The number of nitriles is 1. The molecule has 0 amide bonds. The number of nitrogens with zero attached hydrogens (tertiary/aromatic N) is 1. The van der Waals surface area contributed by atoms with Crippen LogP contribution in [0.1, 0.15) is 16.4 Å². The zero-order chi connectivity index (χ0) is 8.39. The Morgan fingerprint density at radius 1 is 1.33 bits per heavy atom. The number of rotatable bonds is 0. The maximum Gasteiger partial charge on any atom is 0.121 e. The van der Waals surface area contributed by atoms with Crippen LogP contribution in [0, 0.1) is 11.3 Å². The molecule has 2 rings (SSSR count). The predicted molar refractivity (Wildman–Crippen MR) is 51.4 cm³/mol. The van der Waals surface area contributed by atoms with Crippen LogP contribution in [-0.2, 0) is 0 Å². The molecule has 0 aliphatic carbocycles. The molecule has 1 aromatic carbocycles. The standard InChI is InChI=1S/C10H7NS/c11-7-10-9-4-2-1-3-8(9)5-6-12-10/h1-6,10H. The topological polar surface area (TPSA) is 23.8 Å². The highest BCUT2D eigenvalue weighted by atomic mass is 32.2. The maximum absolute atomic E-state index is 8.83. The highest BCUT2D eigenvalue weighted by molar-refractivity contribution is 8.02. The monoisotopic (exact) mass is 173 g/mol. The fraction of sp³-hybridized carbons (Fsp3) is 0.100. The molecule has 1 heterocycles. The fourth-order valence-corrected chi connectivity index (χ4v) is 2.07. The van der Waals surface area contributed by atoms with Crippen molar-refractivity contribution in [3.63, 3.8) is 0 Å². The van der Waals surface area contributed by atoms with Gasteiger partial charge in [-0.3, -0.25) is 0 Å². The number of hydrogen-bond donors (Lipinski definition) is 0. The van der Waals surface area contributed by atoms with Gasteiger partial charge in [0, 0.05) is 0 Å². The van der Waals surface area contributed by atoms with Gasteiger partial charge in [0.2, 0.25) is 0 Å².